The van der Waals surface area contributed by atoms with Crippen LogP contribution < -0.4 is 10.2 Å². The molecule has 0 aromatic carbocycles. The zero-order valence-electron chi connectivity index (χ0n) is 8.41. The van der Waals surface area contributed by atoms with Crippen LogP contribution in [0.1, 0.15) is 19.5 Å². The number of nitrogens with one attached hydrogen (secondary N) is 1. The first-order valence-corrected chi connectivity index (χ1v) is 4.58. The molecule has 0 saturated carbocycles. The number of hydrogen-bond donors (Lipinski definition) is 2. The molecule has 0 atom stereocenters. The van der Waals surface area contributed by atoms with Gasteiger partial charge in [-0.2, -0.15) is 0 Å². The Hall–Kier alpha value is -1.29. The first kappa shape index (κ1) is 10.8. The van der Waals surface area contributed by atoms with Gasteiger partial charge in [-0.15, -0.1) is 0 Å². The van der Waals surface area contributed by atoms with Crippen molar-refractivity contribution < 1.29 is 9.84 Å². The van der Waals surface area contributed by atoms with Crippen molar-refractivity contribution in [3.63, 3.8) is 0 Å². The number of H-pyrrole nitrogens is 1. The highest BCUT2D eigenvalue weighted by Crippen LogP contribution is 2.04. The van der Waals surface area contributed by atoms with Crippen LogP contribution in [0.15, 0.2) is 17.1 Å². The van der Waals surface area contributed by atoms with Crippen molar-refractivity contribution in [1.82, 2.24) is 4.98 Å². The summed E-state index contributed by atoms with van der Waals surface area (Å²) in [4.78, 5) is 14.1. The molecule has 4 heteroatoms. The van der Waals surface area contributed by atoms with E-state index in [0.29, 0.717) is 24.0 Å². The van der Waals surface area contributed by atoms with Crippen molar-refractivity contribution in [3.8, 4) is 5.75 Å². The Morgan fingerprint density at radius 1 is 1.57 bits per heavy atom. The highest BCUT2D eigenvalue weighted by atomic mass is 16.5. The minimum Gasteiger partial charge on any atom is -0.488 e. The summed E-state index contributed by atoms with van der Waals surface area (Å²) in [6.07, 6.45) is 1.48. The molecule has 2 N–H and O–H groups in total. The average molecular weight is 197 g/mol. The molecule has 14 heavy (non-hydrogen) atoms. The van der Waals surface area contributed by atoms with Crippen molar-refractivity contribution in [2.45, 2.75) is 20.5 Å². The Morgan fingerprint density at radius 2 is 2.29 bits per heavy atom. The predicted octanol–water partition coefficient (Wildman–Crippen LogP) is 0.902. The number of hydrogen-bond acceptors (Lipinski definition) is 3. The fourth-order valence-corrected chi connectivity index (χ4v) is 0.961. The number of aromatic amines is 1. The Morgan fingerprint density at radius 3 is 2.79 bits per heavy atom. The van der Waals surface area contributed by atoms with Gasteiger partial charge in [-0.05, 0) is 5.92 Å². The van der Waals surface area contributed by atoms with Crippen LogP contribution in [0.4, 0.5) is 0 Å². The zero-order valence-corrected chi connectivity index (χ0v) is 8.41. The molecule has 0 bridgehead atoms. The average Bonchev–Trinajstić information content (AvgIpc) is 2.15. The number of aliphatic hydroxyl groups is 1. The van der Waals surface area contributed by atoms with E-state index < -0.39 is 0 Å². The quantitative estimate of drug-likeness (QED) is 0.753. The second-order valence-corrected chi connectivity index (χ2v) is 3.55. The van der Waals surface area contributed by atoms with Crippen molar-refractivity contribution in [2.75, 3.05) is 6.61 Å². The maximum atomic E-state index is 11.4. The summed E-state index contributed by atoms with van der Waals surface area (Å²) in [6, 6.07) is 1.34. The minimum absolute atomic E-state index is 0.167. The topological polar surface area (TPSA) is 62.3 Å². The Labute approximate surface area is 82.5 Å². The first-order valence-electron chi connectivity index (χ1n) is 4.58. The monoisotopic (exact) mass is 197 g/mol. The van der Waals surface area contributed by atoms with E-state index in [0.717, 1.165) is 0 Å². The van der Waals surface area contributed by atoms with E-state index in [1.807, 2.05) is 13.8 Å². The lowest BCUT2D eigenvalue weighted by molar-refractivity contribution is 0.263. The molecule has 0 aliphatic rings. The standard InChI is InChI=1S/C10H15NO3/c1-7(2)6-14-10-4-11-8(5-12)3-9(10)13/h3-4,7,12H,5-6H2,1-2H3,(H,11,13). The van der Waals surface area contributed by atoms with Gasteiger partial charge in [0.15, 0.2) is 5.75 Å². The Bertz CT molecular complexity index is 343. The van der Waals surface area contributed by atoms with E-state index in [1.54, 1.807) is 0 Å². The third-order valence-electron chi connectivity index (χ3n) is 1.68. The van der Waals surface area contributed by atoms with Gasteiger partial charge in [0.05, 0.1) is 13.2 Å². The molecule has 0 aliphatic heterocycles. The third-order valence-corrected chi connectivity index (χ3v) is 1.68. The smallest absolute Gasteiger partial charge is 0.223 e. The summed E-state index contributed by atoms with van der Waals surface area (Å²) < 4.78 is 5.27. The lowest BCUT2D eigenvalue weighted by Gasteiger charge is -2.07. The van der Waals surface area contributed by atoms with E-state index in [9.17, 15) is 4.79 Å². The molecular formula is C10H15NO3. The van der Waals surface area contributed by atoms with Crippen LogP contribution in [0, 0.1) is 5.92 Å². The van der Waals surface area contributed by atoms with Gasteiger partial charge in [0.25, 0.3) is 0 Å². The summed E-state index contributed by atoms with van der Waals surface area (Å²) in [6.45, 7) is 4.37. The van der Waals surface area contributed by atoms with Crippen molar-refractivity contribution in [3.05, 3.63) is 28.2 Å². The highest BCUT2D eigenvalue weighted by Gasteiger charge is 2.02. The SMILES string of the molecule is CC(C)COc1c[nH]c(CO)cc1=O. The molecule has 0 unspecified atom stereocenters. The van der Waals surface area contributed by atoms with E-state index in [-0.39, 0.29) is 12.0 Å². The van der Waals surface area contributed by atoms with Gasteiger partial charge in [-0.25, -0.2) is 0 Å². The molecule has 1 rings (SSSR count). The van der Waals surface area contributed by atoms with Gasteiger partial charge < -0.3 is 14.8 Å². The van der Waals surface area contributed by atoms with Crippen LogP contribution in [-0.4, -0.2) is 16.7 Å². The number of aromatic nitrogens is 1. The van der Waals surface area contributed by atoms with Crippen LogP contribution in [0.25, 0.3) is 0 Å². The van der Waals surface area contributed by atoms with Crippen molar-refractivity contribution >= 4 is 0 Å². The summed E-state index contributed by atoms with van der Waals surface area (Å²) in [5, 5.41) is 8.76. The minimum atomic E-state index is -0.201. The molecule has 1 aromatic heterocycles. The summed E-state index contributed by atoms with van der Waals surface area (Å²) in [5.74, 6) is 0.683. The van der Waals surface area contributed by atoms with Crippen molar-refractivity contribution in [2.24, 2.45) is 5.92 Å². The van der Waals surface area contributed by atoms with Gasteiger partial charge in [0.2, 0.25) is 5.43 Å². The van der Waals surface area contributed by atoms with E-state index >= 15 is 0 Å². The summed E-state index contributed by atoms with van der Waals surface area (Å²) in [7, 11) is 0. The molecule has 0 radical (unpaired) electrons. The first-order chi connectivity index (χ1) is 6.63. The number of aliphatic hydroxyl groups excluding tert-OH is 1. The van der Waals surface area contributed by atoms with E-state index in [1.165, 1.54) is 12.3 Å². The Kier molecular flexibility index (Phi) is 3.71. The number of pyridine rings is 1. The summed E-state index contributed by atoms with van der Waals surface area (Å²) >= 11 is 0. The molecule has 0 aliphatic carbocycles. The van der Waals surface area contributed by atoms with Crippen LogP contribution in [0.5, 0.6) is 5.75 Å². The maximum absolute atomic E-state index is 11.4. The van der Waals surface area contributed by atoms with Crippen LogP contribution in [0.2, 0.25) is 0 Å². The third kappa shape index (κ3) is 2.88. The number of ether oxygens (including phenoxy) is 1. The van der Waals surface area contributed by atoms with Gasteiger partial charge in [-0.1, -0.05) is 13.8 Å². The van der Waals surface area contributed by atoms with Crippen LogP contribution in [-0.2, 0) is 6.61 Å². The maximum Gasteiger partial charge on any atom is 0.223 e. The molecule has 0 spiro atoms. The molecule has 78 valence electrons. The second-order valence-electron chi connectivity index (χ2n) is 3.55. The lowest BCUT2D eigenvalue weighted by Crippen LogP contribution is -2.13. The fraction of sp³-hybridized carbons (Fsp3) is 0.500. The van der Waals surface area contributed by atoms with Gasteiger partial charge >= 0.3 is 0 Å². The number of rotatable bonds is 4. The molecule has 0 amide bonds. The highest BCUT2D eigenvalue weighted by molar-refractivity contribution is 5.19. The Balaban J connectivity index is 2.74. The molecule has 0 fully saturated rings. The largest absolute Gasteiger partial charge is 0.488 e. The summed E-state index contributed by atoms with van der Waals surface area (Å²) in [5.41, 5.74) is 0.292. The molecule has 4 nitrogen and oxygen atoms in total. The van der Waals surface area contributed by atoms with Crippen LogP contribution >= 0.6 is 0 Å². The zero-order chi connectivity index (χ0) is 10.6. The van der Waals surface area contributed by atoms with Crippen LogP contribution in [0.3, 0.4) is 0 Å². The normalized spacial score (nSPS) is 10.6. The van der Waals surface area contributed by atoms with E-state index in [2.05, 4.69) is 4.98 Å². The van der Waals surface area contributed by atoms with Crippen molar-refractivity contribution in [1.29, 1.82) is 0 Å². The van der Waals surface area contributed by atoms with Gasteiger partial charge in [0.1, 0.15) is 0 Å². The predicted molar refractivity (Wildman–Crippen MR) is 53.3 cm³/mol. The van der Waals surface area contributed by atoms with E-state index in [4.69, 9.17) is 9.84 Å². The van der Waals surface area contributed by atoms with Gasteiger partial charge in [-0.3, -0.25) is 4.79 Å². The lowest BCUT2D eigenvalue weighted by atomic mass is 10.2. The second kappa shape index (κ2) is 4.81. The van der Waals surface area contributed by atoms with Gasteiger partial charge in [0, 0.05) is 18.0 Å². The molecule has 1 aromatic rings. The fourth-order valence-electron chi connectivity index (χ4n) is 0.961. The molecular weight excluding hydrogens is 182 g/mol. The molecule has 1 heterocycles. The molecule has 0 saturated heterocycles.